The van der Waals surface area contributed by atoms with E-state index in [9.17, 15) is 0 Å². The van der Waals surface area contributed by atoms with Crippen molar-refractivity contribution in [3.63, 3.8) is 0 Å². The lowest BCUT2D eigenvalue weighted by molar-refractivity contribution is 0.322. The van der Waals surface area contributed by atoms with Crippen molar-refractivity contribution >= 4 is 28.8 Å². The van der Waals surface area contributed by atoms with Crippen LogP contribution in [0.25, 0.3) is 0 Å². The van der Waals surface area contributed by atoms with Crippen LogP contribution < -0.4 is 4.74 Å². The summed E-state index contributed by atoms with van der Waals surface area (Å²) in [6.45, 7) is 0. The topological polar surface area (TPSA) is 54.7 Å². The van der Waals surface area contributed by atoms with E-state index >= 15 is 0 Å². The average Bonchev–Trinajstić information content (AvgIpc) is 2.09. The normalized spacial score (nSPS) is 10.5. The van der Waals surface area contributed by atoms with Crippen molar-refractivity contribution in [2.24, 2.45) is 5.16 Å². The summed E-state index contributed by atoms with van der Waals surface area (Å²) in [5.41, 5.74) is 0.703. The number of aromatic nitrogens is 1. The Morgan fingerprint density at radius 2 is 2.50 bits per heavy atom. The molecule has 0 aromatic carbocycles. The van der Waals surface area contributed by atoms with Crippen LogP contribution in [-0.2, 0) is 0 Å². The molecule has 0 amide bonds. The Kier molecular flexibility index (Phi) is 3.27. The Balaban J connectivity index is 3.05. The number of nitrogens with zero attached hydrogens (tertiary/aromatic N) is 2. The second-order valence-corrected chi connectivity index (χ2v) is 3.03. The molecule has 0 aliphatic heterocycles. The first-order valence-electron chi connectivity index (χ1n) is 3.15. The molecule has 0 aliphatic rings. The summed E-state index contributed by atoms with van der Waals surface area (Å²) >= 11 is 2.06. The molecule has 0 radical (unpaired) electrons. The fourth-order valence-corrected chi connectivity index (χ4v) is 1.24. The highest BCUT2D eigenvalue weighted by molar-refractivity contribution is 14.1. The monoisotopic (exact) mass is 278 g/mol. The second kappa shape index (κ2) is 4.24. The molecular weight excluding hydrogens is 271 g/mol. The summed E-state index contributed by atoms with van der Waals surface area (Å²) in [6.07, 6.45) is 2.90. The Labute approximate surface area is 83.4 Å². The summed E-state index contributed by atoms with van der Waals surface area (Å²) in [7, 11) is 1.57. The number of oxime groups is 1. The van der Waals surface area contributed by atoms with Crippen molar-refractivity contribution < 1.29 is 9.94 Å². The molecule has 12 heavy (non-hydrogen) atoms. The molecule has 0 bridgehead atoms. The summed E-state index contributed by atoms with van der Waals surface area (Å²) in [6, 6.07) is 1.74. The quantitative estimate of drug-likeness (QED) is 0.293. The fourth-order valence-electron chi connectivity index (χ4n) is 0.723. The minimum absolute atomic E-state index is 0.674. The Morgan fingerprint density at radius 1 is 1.75 bits per heavy atom. The van der Waals surface area contributed by atoms with E-state index in [0.29, 0.717) is 11.3 Å². The highest BCUT2D eigenvalue weighted by Crippen LogP contribution is 2.18. The standard InChI is InChI=1S/C7H7IN2O2/c1-12-6-2-5(4-10-11)3-9-7(6)8/h2-4,11H,1H3/b10-4-. The van der Waals surface area contributed by atoms with Crippen LogP contribution >= 0.6 is 22.6 Å². The van der Waals surface area contributed by atoms with Crippen LogP contribution in [0.5, 0.6) is 5.75 Å². The molecule has 0 saturated carbocycles. The van der Waals surface area contributed by atoms with Crippen molar-refractivity contribution in [1.29, 1.82) is 0 Å². The Morgan fingerprint density at radius 3 is 3.08 bits per heavy atom. The van der Waals surface area contributed by atoms with Gasteiger partial charge in [-0.05, 0) is 28.7 Å². The number of rotatable bonds is 2. The largest absolute Gasteiger partial charge is 0.494 e. The van der Waals surface area contributed by atoms with Crippen LogP contribution in [0, 0.1) is 3.70 Å². The number of hydrogen-bond acceptors (Lipinski definition) is 4. The molecule has 0 aliphatic carbocycles. The second-order valence-electron chi connectivity index (χ2n) is 2.01. The first kappa shape index (κ1) is 9.24. The van der Waals surface area contributed by atoms with Gasteiger partial charge in [-0.3, -0.25) is 0 Å². The minimum atomic E-state index is 0.674. The average molecular weight is 278 g/mol. The van der Waals surface area contributed by atoms with Gasteiger partial charge < -0.3 is 9.94 Å². The van der Waals surface area contributed by atoms with Gasteiger partial charge in [0.1, 0.15) is 3.70 Å². The van der Waals surface area contributed by atoms with Gasteiger partial charge in [0.15, 0.2) is 5.75 Å². The van der Waals surface area contributed by atoms with Crippen molar-refractivity contribution in [3.05, 3.63) is 21.5 Å². The van der Waals surface area contributed by atoms with E-state index in [4.69, 9.17) is 9.94 Å². The molecule has 5 heteroatoms. The summed E-state index contributed by atoms with van der Waals surface area (Å²) in [5.74, 6) is 0.674. The molecule has 1 rings (SSSR count). The van der Waals surface area contributed by atoms with Gasteiger partial charge in [-0.1, -0.05) is 5.16 Å². The SMILES string of the molecule is COc1cc(/C=N\O)cnc1I. The molecule has 0 atom stereocenters. The van der Waals surface area contributed by atoms with E-state index in [0.717, 1.165) is 3.70 Å². The lowest BCUT2D eigenvalue weighted by atomic mass is 10.3. The molecular formula is C7H7IN2O2. The van der Waals surface area contributed by atoms with E-state index in [2.05, 4.69) is 32.7 Å². The van der Waals surface area contributed by atoms with Crippen molar-refractivity contribution in [1.82, 2.24) is 4.98 Å². The maximum absolute atomic E-state index is 8.25. The van der Waals surface area contributed by atoms with Gasteiger partial charge in [-0.15, -0.1) is 0 Å². The van der Waals surface area contributed by atoms with Gasteiger partial charge in [0.25, 0.3) is 0 Å². The fraction of sp³-hybridized carbons (Fsp3) is 0.143. The van der Waals surface area contributed by atoms with E-state index in [1.54, 1.807) is 19.4 Å². The number of methoxy groups -OCH3 is 1. The highest BCUT2D eigenvalue weighted by atomic mass is 127. The first-order valence-corrected chi connectivity index (χ1v) is 4.22. The predicted molar refractivity (Wildman–Crippen MR) is 52.9 cm³/mol. The lowest BCUT2D eigenvalue weighted by Gasteiger charge is -2.01. The van der Waals surface area contributed by atoms with Gasteiger partial charge in [0, 0.05) is 11.8 Å². The number of ether oxygens (including phenoxy) is 1. The smallest absolute Gasteiger partial charge is 0.151 e. The third-order valence-corrected chi connectivity index (χ3v) is 2.06. The Bertz CT molecular complexity index is 301. The van der Waals surface area contributed by atoms with Crippen molar-refractivity contribution in [2.45, 2.75) is 0 Å². The molecule has 0 saturated heterocycles. The maximum atomic E-state index is 8.25. The molecule has 0 fully saturated rings. The summed E-state index contributed by atoms with van der Waals surface area (Å²) in [4.78, 5) is 4.03. The Hall–Kier alpha value is -0.850. The molecule has 64 valence electrons. The molecule has 1 aromatic rings. The van der Waals surface area contributed by atoms with Crippen molar-refractivity contribution in [3.8, 4) is 5.75 Å². The van der Waals surface area contributed by atoms with E-state index < -0.39 is 0 Å². The zero-order chi connectivity index (χ0) is 8.97. The zero-order valence-corrected chi connectivity index (χ0v) is 8.52. The zero-order valence-electron chi connectivity index (χ0n) is 6.36. The molecule has 1 N–H and O–H groups in total. The maximum Gasteiger partial charge on any atom is 0.151 e. The number of hydrogen-bond donors (Lipinski definition) is 1. The summed E-state index contributed by atoms with van der Waals surface area (Å²) < 4.78 is 5.80. The first-order chi connectivity index (χ1) is 5.77. The predicted octanol–water partition coefficient (Wildman–Crippen LogP) is 1.50. The molecule has 1 aromatic heterocycles. The van der Waals surface area contributed by atoms with E-state index in [1.807, 2.05) is 0 Å². The number of pyridine rings is 1. The van der Waals surface area contributed by atoms with Crippen LogP contribution in [0.4, 0.5) is 0 Å². The van der Waals surface area contributed by atoms with E-state index in [-0.39, 0.29) is 0 Å². The molecule has 0 spiro atoms. The van der Waals surface area contributed by atoms with Crippen molar-refractivity contribution in [2.75, 3.05) is 7.11 Å². The lowest BCUT2D eigenvalue weighted by Crippen LogP contribution is -1.92. The van der Waals surface area contributed by atoms with Crippen LogP contribution in [0.2, 0.25) is 0 Å². The van der Waals surface area contributed by atoms with Crippen LogP contribution in [0.15, 0.2) is 17.4 Å². The van der Waals surface area contributed by atoms with Crippen LogP contribution in [0.3, 0.4) is 0 Å². The highest BCUT2D eigenvalue weighted by Gasteiger charge is 2.00. The molecule has 1 heterocycles. The van der Waals surface area contributed by atoms with Crippen LogP contribution in [0.1, 0.15) is 5.56 Å². The van der Waals surface area contributed by atoms with Gasteiger partial charge in [0.2, 0.25) is 0 Å². The third kappa shape index (κ3) is 2.07. The third-order valence-electron chi connectivity index (χ3n) is 1.25. The molecule has 0 unspecified atom stereocenters. The number of halogens is 1. The van der Waals surface area contributed by atoms with Gasteiger partial charge in [-0.25, -0.2) is 4.98 Å². The van der Waals surface area contributed by atoms with Gasteiger partial charge >= 0.3 is 0 Å². The minimum Gasteiger partial charge on any atom is -0.494 e. The van der Waals surface area contributed by atoms with E-state index in [1.165, 1.54) is 6.21 Å². The van der Waals surface area contributed by atoms with Crippen LogP contribution in [-0.4, -0.2) is 23.5 Å². The summed E-state index contributed by atoms with van der Waals surface area (Å²) in [5, 5.41) is 11.1. The van der Waals surface area contributed by atoms with Gasteiger partial charge in [0.05, 0.1) is 13.3 Å². The molecule has 4 nitrogen and oxygen atoms in total. The van der Waals surface area contributed by atoms with Gasteiger partial charge in [-0.2, -0.15) is 0 Å².